The fourth-order valence-corrected chi connectivity index (χ4v) is 3.31. The molecule has 5 heteroatoms. The Morgan fingerprint density at radius 1 is 1.11 bits per heavy atom. The molecule has 1 aliphatic rings. The van der Waals surface area contributed by atoms with Gasteiger partial charge in [0.15, 0.2) is 5.78 Å². The zero-order chi connectivity index (χ0) is 18.9. The molecule has 0 radical (unpaired) electrons. The summed E-state index contributed by atoms with van der Waals surface area (Å²) in [6.07, 6.45) is 4.40. The Bertz CT molecular complexity index is 767. The first kappa shape index (κ1) is 19.8. The van der Waals surface area contributed by atoms with Crippen LogP contribution in [0.25, 0.3) is 6.08 Å². The Kier molecular flexibility index (Phi) is 7.63. The van der Waals surface area contributed by atoms with E-state index in [2.05, 4.69) is 20.8 Å². The smallest absolute Gasteiger partial charge is 0.185 e. The quantitative estimate of drug-likeness (QED) is 0.353. The molecular weight excluding hydrogens is 406 g/mol. The van der Waals surface area contributed by atoms with Gasteiger partial charge in [-0.2, -0.15) is 0 Å². The number of ether oxygens (including phenoxy) is 2. The summed E-state index contributed by atoms with van der Waals surface area (Å²) in [5, 5.41) is 0. The molecule has 0 aliphatic carbocycles. The van der Waals surface area contributed by atoms with E-state index in [-0.39, 0.29) is 5.78 Å². The maximum Gasteiger partial charge on any atom is 0.185 e. The van der Waals surface area contributed by atoms with Crippen LogP contribution in [0, 0.1) is 0 Å². The van der Waals surface area contributed by atoms with Crippen molar-refractivity contribution in [2.24, 2.45) is 0 Å². The Morgan fingerprint density at radius 3 is 2.59 bits per heavy atom. The first-order valence-electron chi connectivity index (χ1n) is 9.22. The molecule has 1 saturated heterocycles. The summed E-state index contributed by atoms with van der Waals surface area (Å²) in [7, 11) is 0. The van der Waals surface area contributed by atoms with E-state index in [4.69, 9.17) is 9.47 Å². The fourth-order valence-electron chi connectivity index (χ4n) is 2.89. The van der Waals surface area contributed by atoms with E-state index < -0.39 is 0 Å². The highest BCUT2D eigenvalue weighted by molar-refractivity contribution is 9.10. The van der Waals surface area contributed by atoms with Gasteiger partial charge in [-0.05, 0) is 54.5 Å². The van der Waals surface area contributed by atoms with E-state index in [1.807, 2.05) is 54.6 Å². The van der Waals surface area contributed by atoms with Crippen LogP contribution in [-0.2, 0) is 4.74 Å². The van der Waals surface area contributed by atoms with E-state index in [1.165, 1.54) is 0 Å². The third-order valence-electron chi connectivity index (χ3n) is 4.45. The van der Waals surface area contributed by atoms with Crippen LogP contribution < -0.4 is 4.74 Å². The molecule has 142 valence electrons. The summed E-state index contributed by atoms with van der Waals surface area (Å²) in [6, 6.07) is 15.1. The number of benzene rings is 2. The number of allylic oxidation sites excluding steroid dienone is 1. The first-order valence-corrected chi connectivity index (χ1v) is 10.0. The Morgan fingerprint density at radius 2 is 1.85 bits per heavy atom. The molecule has 0 N–H and O–H groups in total. The average Bonchev–Trinajstić information content (AvgIpc) is 2.72. The van der Waals surface area contributed by atoms with Crippen LogP contribution in [0.4, 0.5) is 0 Å². The summed E-state index contributed by atoms with van der Waals surface area (Å²) in [5.74, 6) is 0.771. The Hall–Kier alpha value is -1.95. The number of morpholine rings is 1. The highest BCUT2D eigenvalue weighted by Crippen LogP contribution is 2.18. The Balaban J connectivity index is 1.45. The normalized spacial score (nSPS) is 15.1. The number of rotatable bonds is 8. The molecule has 0 bridgehead atoms. The van der Waals surface area contributed by atoms with Crippen molar-refractivity contribution in [2.45, 2.75) is 6.42 Å². The summed E-state index contributed by atoms with van der Waals surface area (Å²) in [4.78, 5) is 14.7. The number of carbonyl (C=O) groups is 1. The minimum atomic E-state index is -0.0235. The van der Waals surface area contributed by atoms with Gasteiger partial charge < -0.3 is 9.47 Å². The lowest BCUT2D eigenvalue weighted by molar-refractivity contribution is 0.0358. The SMILES string of the molecule is O=C(/C=C/c1ccccc1Br)c1ccc(OCCCN2CCOCC2)cc1. The maximum atomic E-state index is 12.3. The number of ketones is 1. The number of hydrogen-bond acceptors (Lipinski definition) is 4. The zero-order valence-electron chi connectivity index (χ0n) is 15.3. The molecule has 2 aromatic carbocycles. The highest BCUT2D eigenvalue weighted by Gasteiger charge is 2.09. The molecule has 1 aliphatic heterocycles. The molecule has 0 amide bonds. The van der Waals surface area contributed by atoms with E-state index in [1.54, 1.807) is 6.08 Å². The highest BCUT2D eigenvalue weighted by atomic mass is 79.9. The lowest BCUT2D eigenvalue weighted by Gasteiger charge is -2.26. The number of halogens is 1. The van der Waals surface area contributed by atoms with Crippen molar-refractivity contribution in [1.82, 2.24) is 4.90 Å². The minimum Gasteiger partial charge on any atom is -0.494 e. The van der Waals surface area contributed by atoms with Crippen LogP contribution in [0.15, 0.2) is 59.1 Å². The van der Waals surface area contributed by atoms with Crippen molar-refractivity contribution in [2.75, 3.05) is 39.5 Å². The molecule has 2 aromatic rings. The molecule has 0 spiro atoms. The third kappa shape index (κ3) is 6.31. The molecule has 0 aromatic heterocycles. The number of carbonyl (C=O) groups excluding carboxylic acids is 1. The monoisotopic (exact) mass is 429 g/mol. The standard InChI is InChI=1S/C22H24BrNO3/c23-21-5-2-1-4-18(21)8-11-22(25)19-6-9-20(10-7-19)27-15-3-12-24-13-16-26-17-14-24/h1-2,4-11H,3,12-17H2/b11-8+. The average molecular weight is 430 g/mol. The molecule has 0 atom stereocenters. The maximum absolute atomic E-state index is 12.3. The second kappa shape index (κ2) is 10.4. The fraction of sp³-hybridized carbons (Fsp3) is 0.318. The predicted molar refractivity (Wildman–Crippen MR) is 111 cm³/mol. The largest absolute Gasteiger partial charge is 0.494 e. The van der Waals surface area contributed by atoms with Crippen LogP contribution in [0.1, 0.15) is 22.3 Å². The van der Waals surface area contributed by atoms with Crippen LogP contribution in [0.5, 0.6) is 5.75 Å². The molecule has 1 fully saturated rings. The van der Waals surface area contributed by atoms with Gasteiger partial charge in [-0.1, -0.05) is 34.1 Å². The van der Waals surface area contributed by atoms with Gasteiger partial charge in [0, 0.05) is 29.7 Å². The first-order chi connectivity index (χ1) is 13.2. The van der Waals surface area contributed by atoms with Crippen molar-refractivity contribution in [1.29, 1.82) is 0 Å². The van der Waals surface area contributed by atoms with Crippen molar-refractivity contribution < 1.29 is 14.3 Å². The minimum absolute atomic E-state index is 0.0235. The van der Waals surface area contributed by atoms with Crippen molar-refractivity contribution in [3.8, 4) is 5.75 Å². The summed E-state index contributed by atoms with van der Waals surface area (Å²) < 4.78 is 12.1. The van der Waals surface area contributed by atoms with E-state index in [0.717, 1.165) is 55.1 Å². The topological polar surface area (TPSA) is 38.8 Å². The van der Waals surface area contributed by atoms with Crippen LogP contribution in [0.2, 0.25) is 0 Å². The van der Waals surface area contributed by atoms with Crippen molar-refractivity contribution in [3.05, 3.63) is 70.2 Å². The molecule has 1 heterocycles. The summed E-state index contributed by atoms with van der Waals surface area (Å²) in [6.45, 7) is 5.36. The second-order valence-electron chi connectivity index (χ2n) is 6.40. The van der Waals surface area contributed by atoms with E-state index in [0.29, 0.717) is 12.2 Å². The van der Waals surface area contributed by atoms with Crippen molar-refractivity contribution >= 4 is 27.8 Å². The lowest BCUT2D eigenvalue weighted by atomic mass is 10.1. The summed E-state index contributed by atoms with van der Waals surface area (Å²) in [5.41, 5.74) is 1.63. The zero-order valence-corrected chi connectivity index (χ0v) is 16.9. The van der Waals surface area contributed by atoms with E-state index >= 15 is 0 Å². The lowest BCUT2D eigenvalue weighted by Crippen LogP contribution is -2.37. The molecule has 0 saturated carbocycles. The molecule has 27 heavy (non-hydrogen) atoms. The van der Waals surface area contributed by atoms with Gasteiger partial charge in [0.2, 0.25) is 0 Å². The number of hydrogen-bond donors (Lipinski definition) is 0. The second-order valence-corrected chi connectivity index (χ2v) is 7.25. The number of nitrogens with zero attached hydrogens (tertiary/aromatic N) is 1. The molecule has 4 nitrogen and oxygen atoms in total. The molecule has 0 unspecified atom stereocenters. The van der Waals surface area contributed by atoms with Gasteiger partial charge in [0.1, 0.15) is 5.75 Å². The summed E-state index contributed by atoms with van der Waals surface area (Å²) >= 11 is 3.48. The Labute approximate surface area is 168 Å². The molecular formula is C22H24BrNO3. The van der Waals surface area contributed by atoms with Crippen LogP contribution >= 0.6 is 15.9 Å². The van der Waals surface area contributed by atoms with Crippen molar-refractivity contribution in [3.63, 3.8) is 0 Å². The van der Waals surface area contributed by atoms with Crippen LogP contribution in [-0.4, -0.2) is 50.1 Å². The van der Waals surface area contributed by atoms with Gasteiger partial charge in [0.05, 0.1) is 19.8 Å². The molecule has 3 rings (SSSR count). The van der Waals surface area contributed by atoms with E-state index in [9.17, 15) is 4.79 Å². The predicted octanol–water partition coefficient (Wildman–Crippen LogP) is 4.45. The van der Waals surface area contributed by atoms with Gasteiger partial charge in [-0.25, -0.2) is 0 Å². The van der Waals surface area contributed by atoms with Crippen LogP contribution in [0.3, 0.4) is 0 Å². The van der Waals surface area contributed by atoms with Gasteiger partial charge in [0.25, 0.3) is 0 Å². The van der Waals surface area contributed by atoms with Gasteiger partial charge >= 0.3 is 0 Å². The van der Waals surface area contributed by atoms with Gasteiger partial charge in [-0.15, -0.1) is 0 Å². The van der Waals surface area contributed by atoms with Gasteiger partial charge in [-0.3, -0.25) is 9.69 Å². The third-order valence-corrected chi connectivity index (χ3v) is 5.17.